The standard InChI is InChI=1S/C25H24N8O7S2.H2O/c1-11-7-16(35)15(8-26-11)20(36)27-17(12-3-5-14(34)6-4-12)21(37)28-18-22(38)33-19(24(39)40)13(9-41-23(18)33)10-42-25-29-30-31-32(25)2;/h3-8,17-18,23,34H,9-10H2,1-2H3,(H,26,35)(H,27,36)(H,28,37)(H,39,40);1H2/t17?,18-,23-;/m1./s1. The fraction of sp³-hybridized carbons (Fsp3) is 0.280. The predicted molar refractivity (Wildman–Crippen MR) is 152 cm³/mol. The minimum absolute atomic E-state index is 0. The average Bonchev–Trinajstić information content (AvgIpc) is 3.37. The molecule has 2 aliphatic heterocycles. The highest BCUT2D eigenvalue weighted by molar-refractivity contribution is 8.01. The normalized spacial score (nSPS) is 18.2. The van der Waals surface area contributed by atoms with Crippen LogP contribution in [0.25, 0.3) is 0 Å². The van der Waals surface area contributed by atoms with Crippen LogP contribution in [0.15, 0.2) is 53.0 Å². The number of aryl methyl sites for hydroxylation is 2. The molecule has 0 bridgehead atoms. The van der Waals surface area contributed by atoms with E-state index < -0.39 is 41.1 Å². The Morgan fingerprint density at radius 2 is 1.93 bits per heavy atom. The van der Waals surface area contributed by atoms with Crippen LogP contribution >= 0.6 is 23.5 Å². The molecule has 43 heavy (non-hydrogen) atoms. The summed E-state index contributed by atoms with van der Waals surface area (Å²) in [7, 11) is 1.65. The van der Waals surface area contributed by atoms with E-state index in [1.807, 2.05) is 0 Å². The Hall–Kier alpha value is -4.68. The van der Waals surface area contributed by atoms with Crippen LogP contribution in [-0.4, -0.2) is 97.5 Å². The van der Waals surface area contributed by atoms with Crippen LogP contribution in [0.4, 0.5) is 0 Å². The lowest BCUT2D eigenvalue weighted by Gasteiger charge is -2.49. The van der Waals surface area contributed by atoms with Crippen LogP contribution in [0.1, 0.15) is 27.7 Å². The van der Waals surface area contributed by atoms with E-state index in [1.54, 1.807) is 14.0 Å². The molecule has 1 unspecified atom stereocenters. The molecule has 1 fully saturated rings. The highest BCUT2D eigenvalue weighted by atomic mass is 32.2. The first kappa shape index (κ1) is 31.3. The Kier molecular flexibility index (Phi) is 9.22. The molecule has 0 spiro atoms. The lowest BCUT2D eigenvalue weighted by atomic mass is 10.0. The maximum atomic E-state index is 13.5. The second kappa shape index (κ2) is 12.7. The van der Waals surface area contributed by atoms with Crippen molar-refractivity contribution in [1.82, 2.24) is 40.7 Å². The number of nitrogens with zero attached hydrogens (tertiary/aromatic N) is 6. The molecule has 4 heterocycles. The summed E-state index contributed by atoms with van der Waals surface area (Å²) in [6, 6.07) is 4.45. The molecular formula is C25H26N8O8S2. The average molecular weight is 631 g/mol. The van der Waals surface area contributed by atoms with Gasteiger partial charge in [0, 0.05) is 36.5 Å². The molecule has 1 saturated heterocycles. The molecule has 2 aliphatic rings. The number of nitrogens with one attached hydrogen (secondary N) is 2. The van der Waals surface area contributed by atoms with Crippen molar-refractivity contribution >= 4 is 47.2 Å². The summed E-state index contributed by atoms with van der Waals surface area (Å²) in [6.45, 7) is 1.64. The highest BCUT2D eigenvalue weighted by Gasteiger charge is 2.54. The first-order valence-corrected chi connectivity index (χ1v) is 14.4. The van der Waals surface area contributed by atoms with E-state index in [2.05, 4.69) is 31.1 Å². The molecule has 2 aromatic heterocycles. The van der Waals surface area contributed by atoms with Crippen LogP contribution in [-0.2, 0) is 21.4 Å². The number of aromatic nitrogens is 5. The number of β-lactam (4-membered cyclic amide) rings is 1. The third-order valence-corrected chi connectivity index (χ3v) is 8.97. The highest BCUT2D eigenvalue weighted by Crippen LogP contribution is 2.41. The third-order valence-electron chi connectivity index (χ3n) is 6.53. The number of carboxylic acids is 1. The molecule has 18 heteroatoms. The van der Waals surface area contributed by atoms with Crippen LogP contribution in [0, 0.1) is 6.92 Å². The maximum Gasteiger partial charge on any atom is 0.352 e. The minimum atomic E-state index is -1.32. The van der Waals surface area contributed by atoms with Gasteiger partial charge in [0.1, 0.15) is 34.7 Å². The number of rotatable bonds is 9. The smallest absolute Gasteiger partial charge is 0.352 e. The van der Waals surface area contributed by atoms with Gasteiger partial charge in [0.25, 0.3) is 11.8 Å². The van der Waals surface area contributed by atoms with E-state index >= 15 is 0 Å². The third kappa shape index (κ3) is 6.25. The van der Waals surface area contributed by atoms with Crippen molar-refractivity contribution in [3.8, 4) is 11.5 Å². The summed E-state index contributed by atoms with van der Waals surface area (Å²) >= 11 is 2.53. The number of carboxylic acid groups (broad SMARTS) is 1. The number of phenolic OH excluding ortho intramolecular Hbond substituents is 1. The number of fused-ring (bicyclic) bond motifs is 1. The SMILES string of the molecule is Cc1cc(O)c(C(=O)NC(C(=O)N[C@@H]2C(=O)N3C(C(=O)O)=C(CSc4nnnn4C)CS[C@H]23)c2ccc(O)cc2)cn1.O. The molecule has 1 aromatic carbocycles. The maximum absolute atomic E-state index is 13.5. The zero-order chi connectivity index (χ0) is 30.1. The van der Waals surface area contributed by atoms with Crippen molar-refractivity contribution in [2.75, 3.05) is 11.5 Å². The zero-order valence-electron chi connectivity index (χ0n) is 22.6. The summed E-state index contributed by atoms with van der Waals surface area (Å²) in [5.41, 5.74) is 0.974. The van der Waals surface area contributed by atoms with Crippen molar-refractivity contribution in [1.29, 1.82) is 0 Å². The van der Waals surface area contributed by atoms with Crippen molar-refractivity contribution < 1.29 is 40.0 Å². The van der Waals surface area contributed by atoms with Gasteiger partial charge in [-0.25, -0.2) is 9.48 Å². The Bertz CT molecular complexity index is 1610. The molecule has 3 atom stereocenters. The molecule has 3 aromatic rings. The molecule has 226 valence electrons. The number of thioether (sulfide) groups is 2. The molecule has 16 nitrogen and oxygen atoms in total. The molecule has 0 aliphatic carbocycles. The fourth-order valence-corrected chi connectivity index (χ4v) is 6.76. The second-order valence-corrected chi connectivity index (χ2v) is 11.4. The number of hydrogen-bond acceptors (Lipinski definition) is 12. The fourth-order valence-electron chi connectivity index (χ4n) is 4.42. The number of aliphatic carboxylic acids is 1. The summed E-state index contributed by atoms with van der Waals surface area (Å²) < 4.78 is 1.45. The lowest BCUT2D eigenvalue weighted by Crippen LogP contribution is -2.71. The van der Waals surface area contributed by atoms with Gasteiger partial charge in [-0.3, -0.25) is 24.3 Å². The topological polar surface area (TPSA) is 244 Å². The van der Waals surface area contributed by atoms with Crippen LogP contribution in [0.2, 0.25) is 0 Å². The van der Waals surface area contributed by atoms with Gasteiger partial charge in [0.05, 0.1) is 5.56 Å². The van der Waals surface area contributed by atoms with Crippen molar-refractivity contribution in [2.24, 2.45) is 7.05 Å². The van der Waals surface area contributed by atoms with Gasteiger partial charge in [-0.05, 0) is 40.6 Å². The lowest BCUT2D eigenvalue weighted by molar-refractivity contribution is -0.151. The van der Waals surface area contributed by atoms with E-state index in [0.29, 0.717) is 27.7 Å². The summed E-state index contributed by atoms with van der Waals surface area (Å²) in [4.78, 5) is 57.1. The van der Waals surface area contributed by atoms with E-state index in [1.165, 1.54) is 64.7 Å². The van der Waals surface area contributed by atoms with Crippen LogP contribution in [0.5, 0.6) is 11.5 Å². The molecule has 0 radical (unpaired) electrons. The molecule has 0 saturated carbocycles. The zero-order valence-corrected chi connectivity index (χ0v) is 24.2. The van der Waals surface area contributed by atoms with Crippen LogP contribution in [0.3, 0.4) is 0 Å². The number of benzene rings is 1. The number of carbonyl (C=O) groups excluding carboxylic acids is 3. The Morgan fingerprint density at radius 3 is 2.56 bits per heavy atom. The number of amides is 3. The van der Waals surface area contributed by atoms with Gasteiger partial charge in [-0.2, -0.15) is 0 Å². The van der Waals surface area contributed by atoms with Gasteiger partial charge in [0.2, 0.25) is 11.1 Å². The van der Waals surface area contributed by atoms with Gasteiger partial charge >= 0.3 is 5.97 Å². The van der Waals surface area contributed by atoms with E-state index in [9.17, 15) is 34.5 Å². The van der Waals surface area contributed by atoms with E-state index in [4.69, 9.17) is 0 Å². The monoisotopic (exact) mass is 630 g/mol. The number of hydrogen-bond donors (Lipinski definition) is 5. The molecule has 3 amide bonds. The predicted octanol–water partition coefficient (Wildman–Crippen LogP) is -0.498. The molecular weight excluding hydrogens is 604 g/mol. The van der Waals surface area contributed by atoms with Gasteiger partial charge in [0.15, 0.2) is 0 Å². The summed E-state index contributed by atoms with van der Waals surface area (Å²) in [5.74, 6) is -3.29. The largest absolute Gasteiger partial charge is 0.508 e. The Balaban J connectivity index is 0.00000423. The first-order chi connectivity index (χ1) is 20.0. The van der Waals surface area contributed by atoms with Gasteiger partial charge < -0.3 is 31.4 Å². The second-order valence-electron chi connectivity index (χ2n) is 9.37. The van der Waals surface area contributed by atoms with Gasteiger partial charge in [-0.15, -0.1) is 16.9 Å². The number of aromatic hydroxyl groups is 2. The Morgan fingerprint density at radius 1 is 1.21 bits per heavy atom. The van der Waals surface area contributed by atoms with Crippen molar-refractivity contribution in [2.45, 2.75) is 29.5 Å². The first-order valence-electron chi connectivity index (χ1n) is 12.4. The Labute approximate surface area is 251 Å². The summed E-state index contributed by atoms with van der Waals surface area (Å²) in [6.07, 6.45) is 1.17. The molecule has 7 N–H and O–H groups in total. The molecule has 5 rings (SSSR count). The minimum Gasteiger partial charge on any atom is -0.508 e. The number of carbonyl (C=O) groups is 4. The van der Waals surface area contributed by atoms with Crippen molar-refractivity contribution in [3.05, 3.63) is 64.6 Å². The number of tetrazole rings is 1. The van der Waals surface area contributed by atoms with Gasteiger partial charge in [-0.1, -0.05) is 23.9 Å². The van der Waals surface area contributed by atoms with E-state index in [-0.39, 0.29) is 34.0 Å². The quantitative estimate of drug-likeness (QED) is 0.148. The number of pyridine rings is 1. The van der Waals surface area contributed by atoms with E-state index in [0.717, 1.165) is 4.90 Å². The van der Waals surface area contributed by atoms with Crippen molar-refractivity contribution in [3.63, 3.8) is 0 Å². The summed E-state index contributed by atoms with van der Waals surface area (Å²) in [5, 5.41) is 46.0. The number of phenols is 1. The van der Waals surface area contributed by atoms with Crippen LogP contribution < -0.4 is 10.6 Å².